The molecule has 1 fully saturated rings. The molecule has 0 aromatic heterocycles. The number of unbranched alkanes of at least 4 members (excludes halogenated alkanes) is 15. The number of hydrogen-bond acceptors (Lipinski definition) is 3. The highest BCUT2D eigenvalue weighted by Gasteiger charge is 2.28. The molecule has 1 atom stereocenters. The maximum absolute atomic E-state index is 11.6. The van der Waals surface area contributed by atoms with Crippen LogP contribution in [0, 0.1) is 5.92 Å². The van der Waals surface area contributed by atoms with Crippen molar-refractivity contribution in [2.24, 2.45) is 5.92 Å². The van der Waals surface area contributed by atoms with Gasteiger partial charge in [-0.05, 0) is 12.8 Å². The quantitative estimate of drug-likeness (QED) is 0.156. The minimum atomic E-state index is -0.349. The Labute approximate surface area is 161 Å². The molecule has 1 aliphatic heterocycles. The van der Waals surface area contributed by atoms with Crippen LogP contribution in [0.5, 0.6) is 0 Å². The zero-order chi connectivity index (χ0) is 18.9. The van der Waals surface area contributed by atoms with Gasteiger partial charge in [0.15, 0.2) is 0 Å². The van der Waals surface area contributed by atoms with Gasteiger partial charge in [0.1, 0.15) is 0 Å². The molecule has 0 bridgehead atoms. The van der Waals surface area contributed by atoms with Crippen molar-refractivity contribution in [3.63, 3.8) is 0 Å². The van der Waals surface area contributed by atoms with Gasteiger partial charge in [0, 0.05) is 6.42 Å². The Morgan fingerprint density at radius 2 is 1.12 bits per heavy atom. The summed E-state index contributed by atoms with van der Waals surface area (Å²) >= 11 is 0. The fourth-order valence-electron chi connectivity index (χ4n) is 3.86. The van der Waals surface area contributed by atoms with E-state index in [-0.39, 0.29) is 17.9 Å². The summed E-state index contributed by atoms with van der Waals surface area (Å²) in [7, 11) is 0. The van der Waals surface area contributed by atoms with Crippen LogP contribution in [0.4, 0.5) is 0 Å². The summed E-state index contributed by atoms with van der Waals surface area (Å²) in [6.45, 7) is 2.28. The minimum Gasteiger partial charge on any atom is -0.393 e. The highest BCUT2D eigenvalue weighted by atomic mass is 16.6. The highest BCUT2D eigenvalue weighted by Crippen LogP contribution is 2.22. The van der Waals surface area contributed by atoms with Gasteiger partial charge in [-0.15, -0.1) is 0 Å². The maximum Gasteiger partial charge on any atom is 0.316 e. The zero-order valence-electron chi connectivity index (χ0n) is 17.2. The van der Waals surface area contributed by atoms with E-state index in [0.717, 1.165) is 12.8 Å². The predicted molar refractivity (Wildman–Crippen MR) is 108 cm³/mol. The molecule has 0 amide bonds. The van der Waals surface area contributed by atoms with Gasteiger partial charge in [-0.3, -0.25) is 9.59 Å². The Morgan fingerprint density at radius 3 is 1.54 bits per heavy atom. The van der Waals surface area contributed by atoms with Crippen molar-refractivity contribution in [3.05, 3.63) is 0 Å². The molecule has 0 N–H and O–H groups in total. The molecule has 0 saturated carbocycles. The lowest BCUT2D eigenvalue weighted by atomic mass is 9.94. The summed E-state index contributed by atoms with van der Waals surface area (Å²) in [5.41, 5.74) is 0. The summed E-state index contributed by atoms with van der Waals surface area (Å²) in [5.74, 6) is -0.667. The van der Waals surface area contributed by atoms with Crippen LogP contribution >= 0.6 is 0 Å². The number of cyclic esters (lactones) is 2. The molecule has 1 aliphatic rings. The Balaban J connectivity index is 1.75. The summed E-state index contributed by atoms with van der Waals surface area (Å²) < 4.78 is 4.70. The van der Waals surface area contributed by atoms with Gasteiger partial charge >= 0.3 is 11.9 Å². The maximum atomic E-state index is 11.6. The fraction of sp³-hybridized carbons (Fsp3) is 0.913. The monoisotopic (exact) mass is 366 g/mol. The molecule has 0 aromatic carbocycles. The van der Waals surface area contributed by atoms with Gasteiger partial charge in [0.05, 0.1) is 5.92 Å². The first-order valence-electron chi connectivity index (χ1n) is 11.5. The van der Waals surface area contributed by atoms with Crippen molar-refractivity contribution < 1.29 is 14.3 Å². The normalized spacial score (nSPS) is 17.5. The van der Waals surface area contributed by atoms with Crippen LogP contribution in [0.15, 0.2) is 0 Å². The fourth-order valence-corrected chi connectivity index (χ4v) is 3.86. The molecule has 3 heteroatoms. The third-order valence-corrected chi connectivity index (χ3v) is 5.65. The van der Waals surface area contributed by atoms with E-state index in [9.17, 15) is 9.59 Å². The van der Waals surface area contributed by atoms with Crippen molar-refractivity contribution in [1.82, 2.24) is 0 Å². The van der Waals surface area contributed by atoms with Gasteiger partial charge in [0.25, 0.3) is 0 Å². The summed E-state index contributed by atoms with van der Waals surface area (Å²) in [6.07, 6.45) is 23.8. The molecule has 152 valence electrons. The minimum absolute atomic E-state index is 0.0284. The first kappa shape index (κ1) is 23.2. The van der Waals surface area contributed by atoms with E-state index in [1.807, 2.05) is 0 Å². The van der Waals surface area contributed by atoms with Gasteiger partial charge in [-0.1, -0.05) is 110 Å². The SMILES string of the molecule is CCCCCCCCCCCCCCCCCCC1CCC(=O)OC1=O. The van der Waals surface area contributed by atoms with E-state index < -0.39 is 0 Å². The van der Waals surface area contributed by atoms with Crippen LogP contribution < -0.4 is 0 Å². The molecule has 0 radical (unpaired) electrons. The highest BCUT2D eigenvalue weighted by molar-refractivity contribution is 5.89. The molecule has 1 unspecified atom stereocenters. The number of carbonyl (C=O) groups is 2. The molecular weight excluding hydrogens is 324 g/mol. The number of ether oxygens (including phenoxy) is 1. The summed E-state index contributed by atoms with van der Waals surface area (Å²) in [4.78, 5) is 22.6. The molecule has 26 heavy (non-hydrogen) atoms. The lowest BCUT2D eigenvalue weighted by Crippen LogP contribution is -2.27. The lowest BCUT2D eigenvalue weighted by molar-refractivity contribution is -0.167. The zero-order valence-corrected chi connectivity index (χ0v) is 17.2. The molecule has 1 heterocycles. The van der Waals surface area contributed by atoms with Gasteiger partial charge in [-0.25, -0.2) is 0 Å². The van der Waals surface area contributed by atoms with Crippen LogP contribution in [0.25, 0.3) is 0 Å². The summed E-state index contributed by atoms with van der Waals surface area (Å²) in [5, 5.41) is 0. The molecule has 1 rings (SSSR count). The van der Waals surface area contributed by atoms with Gasteiger partial charge < -0.3 is 4.74 Å². The van der Waals surface area contributed by atoms with Crippen LogP contribution in [0.3, 0.4) is 0 Å². The number of hydrogen-bond donors (Lipinski definition) is 0. The topological polar surface area (TPSA) is 43.4 Å². The first-order valence-corrected chi connectivity index (χ1v) is 11.5. The van der Waals surface area contributed by atoms with Gasteiger partial charge in [-0.2, -0.15) is 0 Å². The van der Waals surface area contributed by atoms with Crippen molar-refractivity contribution in [3.8, 4) is 0 Å². The average Bonchev–Trinajstić information content (AvgIpc) is 2.63. The number of carbonyl (C=O) groups excluding carboxylic acids is 2. The molecule has 0 aromatic rings. The van der Waals surface area contributed by atoms with E-state index in [4.69, 9.17) is 4.74 Å². The van der Waals surface area contributed by atoms with Crippen molar-refractivity contribution in [1.29, 1.82) is 0 Å². The van der Waals surface area contributed by atoms with Crippen molar-refractivity contribution in [2.75, 3.05) is 0 Å². The van der Waals surface area contributed by atoms with E-state index in [0.29, 0.717) is 12.8 Å². The van der Waals surface area contributed by atoms with E-state index in [1.54, 1.807) is 0 Å². The molecule has 0 spiro atoms. The second kappa shape index (κ2) is 16.3. The Kier molecular flexibility index (Phi) is 14.6. The number of rotatable bonds is 17. The molecule has 1 saturated heterocycles. The van der Waals surface area contributed by atoms with Crippen molar-refractivity contribution in [2.45, 2.75) is 129 Å². The first-order chi connectivity index (χ1) is 12.7. The van der Waals surface area contributed by atoms with Crippen LogP contribution in [0.2, 0.25) is 0 Å². The number of esters is 2. The van der Waals surface area contributed by atoms with Gasteiger partial charge in [0.2, 0.25) is 0 Å². The standard InChI is InChI=1S/C23H42O3/c1-2-3-4-5-6-7-8-9-10-11-12-13-14-15-16-17-18-21-19-20-22(24)26-23(21)25/h21H,2-20H2,1H3. The Morgan fingerprint density at radius 1 is 0.692 bits per heavy atom. The third-order valence-electron chi connectivity index (χ3n) is 5.65. The average molecular weight is 367 g/mol. The van der Waals surface area contributed by atoms with E-state index in [1.165, 1.54) is 96.3 Å². The smallest absolute Gasteiger partial charge is 0.316 e. The van der Waals surface area contributed by atoms with Crippen LogP contribution in [0.1, 0.15) is 129 Å². The largest absolute Gasteiger partial charge is 0.393 e. The second-order valence-electron chi connectivity index (χ2n) is 8.12. The van der Waals surface area contributed by atoms with Crippen LogP contribution in [-0.2, 0) is 14.3 Å². The molecule has 0 aliphatic carbocycles. The van der Waals surface area contributed by atoms with Crippen molar-refractivity contribution >= 4 is 11.9 Å². The lowest BCUT2D eigenvalue weighted by Gasteiger charge is -2.18. The Bertz CT molecular complexity index is 364. The Hall–Kier alpha value is -0.860. The second-order valence-corrected chi connectivity index (χ2v) is 8.12. The third kappa shape index (κ3) is 12.5. The predicted octanol–water partition coefficient (Wildman–Crippen LogP) is 7.12. The molecular formula is C23H42O3. The van der Waals surface area contributed by atoms with E-state index in [2.05, 4.69) is 6.92 Å². The summed E-state index contributed by atoms with van der Waals surface area (Å²) in [6, 6.07) is 0. The van der Waals surface area contributed by atoms with E-state index >= 15 is 0 Å². The van der Waals surface area contributed by atoms with Crippen LogP contribution in [-0.4, -0.2) is 11.9 Å². The molecule has 3 nitrogen and oxygen atoms in total.